The number of carboxylic acids is 1. The average Bonchev–Trinajstić information content (AvgIpc) is 3.18. The van der Waals surface area contributed by atoms with Crippen LogP contribution >= 0.6 is 0 Å². The molecule has 0 spiro atoms. The lowest BCUT2D eigenvalue weighted by molar-refractivity contribution is -0.145. The van der Waals surface area contributed by atoms with Gasteiger partial charge in [0.1, 0.15) is 5.75 Å². The van der Waals surface area contributed by atoms with Gasteiger partial charge in [0.15, 0.2) is 6.10 Å². The van der Waals surface area contributed by atoms with Crippen molar-refractivity contribution in [2.75, 3.05) is 0 Å². The number of hydrogen-bond donors (Lipinski definition) is 2. The van der Waals surface area contributed by atoms with Gasteiger partial charge in [0, 0.05) is 18.2 Å². The van der Waals surface area contributed by atoms with Crippen molar-refractivity contribution in [2.24, 2.45) is 0 Å². The second-order valence-corrected chi connectivity index (χ2v) is 5.12. The molecule has 1 atom stereocenters. The van der Waals surface area contributed by atoms with E-state index < -0.39 is 12.1 Å². The van der Waals surface area contributed by atoms with Crippen LogP contribution in [0.2, 0.25) is 0 Å². The third-order valence-corrected chi connectivity index (χ3v) is 3.29. The highest BCUT2D eigenvalue weighted by Crippen LogP contribution is 2.24. The molecule has 1 unspecified atom stereocenters. The van der Waals surface area contributed by atoms with Crippen LogP contribution in [0.5, 0.6) is 5.75 Å². The summed E-state index contributed by atoms with van der Waals surface area (Å²) in [5, 5.41) is 12.5. The molecule has 1 saturated carbocycles. The van der Waals surface area contributed by atoms with Crippen LogP contribution in [0.15, 0.2) is 18.2 Å². The zero-order valence-corrected chi connectivity index (χ0v) is 11.5. The van der Waals surface area contributed by atoms with Gasteiger partial charge in [0.2, 0.25) is 0 Å². The molecule has 0 amide bonds. The Morgan fingerprint density at radius 3 is 2.84 bits per heavy atom. The zero-order valence-electron chi connectivity index (χ0n) is 11.5. The van der Waals surface area contributed by atoms with E-state index in [2.05, 4.69) is 11.4 Å². The first-order chi connectivity index (χ1) is 9.10. The zero-order chi connectivity index (χ0) is 13.8. The fourth-order valence-corrected chi connectivity index (χ4v) is 1.96. The number of ether oxygens (including phenoxy) is 1. The summed E-state index contributed by atoms with van der Waals surface area (Å²) >= 11 is 0. The molecule has 1 aromatic carbocycles. The maximum atomic E-state index is 11.0. The van der Waals surface area contributed by atoms with Gasteiger partial charge < -0.3 is 15.2 Å². The molecular formula is C15H21NO3. The van der Waals surface area contributed by atoms with Gasteiger partial charge in [0.25, 0.3) is 0 Å². The smallest absolute Gasteiger partial charge is 0.344 e. The van der Waals surface area contributed by atoms with Crippen molar-refractivity contribution >= 4 is 5.97 Å². The maximum absolute atomic E-state index is 11.0. The van der Waals surface area contributed by atoms with E-state index in [9.17, 15) is 4.79 Å². The van der Waals surface area contributed by atoms with Gasteiger partial charge >= 0.3 is 5.97 Å². The van der Waals surface area contributed by atoms with Crippen molar-refractivity contribution in [3.8, 4) is 5.75 Å². The Kier molecular flexibility index (Phi) is 4.43. The number of rotatable bonds is 7. The Labute approximate surface area is 113 Å². The first-order valence-electron chi connectivity index (χ1n) is 6.82. The van der Waals surface area contributed by atoms with Crippen LogP contribution in [-0.4, -0.2) is 23.2 Å². The molecule has 1 fully saturated rings. The van der Waals surface area contributed by atoms with Gasteiger partial charge in [-0.25, -0.2) is 4.79 Å². The van der Waals surface area contributed by atoms with Crippen LogP contribution in [0.1, 0.15) is 37.3 Å². The van der Waals surface area contributed by atoms with Crippen LogP contribution in [0.25, 0.3) is 0 Å². The minimum absolute atomic E-state index is 0.457. The molecule has 1 aliphatic rings. The van der Waals surface area contributed by atoms with Crippen LogP contribution in [0.3, 0.4) is 0 Å². The molecule has 1 aliphatic carbocycles. The molecule has 2 rings (SSSR count). The number of nitrogens with one attached hydrogen (secondary N) is 1. The van der Waals surface area contributed by atoms with E-state index >= 15 is 0 Å². The summed E-state index contributed by atoms with van der Waals surface area (Å²) in [5.41, 5.74) is 2.19. The number of aryl methyl sites for hydroxylation is 1. The van der Waals surface area contributed by atoms with E-state index in [1.54, 1.807) is 0 Å². The molecule has 104 valence electrons. The maximum Gasteiger partial charge on any atom is 0.344 e. The normalized spacial score (nSPS) is 16.1. The summed E-state index contributed by atoms with van der Waals surface area (Å²) in [6.45, 7) is 4.58. The Hall–Kier alpha value is -1.55. The molecule has 4 nitrogen and oxygen atoms in total. The topological polar surface area (TPSA) is 58.6 Å². The van der Waals surface area contributed by atoms with Crippen LogP contribution in [0, 0.1) is 6.92 Å². The molecule has 19 heavy (non-hydrogen) atoms. The third-order valence-electron chi connectivity index (χ3n) is 3.29. The fourth-order valence-electron chi connectivity index (χ4n) is 1.96. The summed E-state index contributed by atoms with van der Waals surface area (Å²) in [6.07, 6.45) is 2.14. The number of hydrogen-bond acceptors (Lipinski definition) is 3. The number of carboxylic acid groups (broad SMARTS) is 1. The van der Waals surface area contributed by atoms with E-state index in [0.717, 1.165) is 17.7 Å². The van der Waals surface area contributed by atoms with Gasteiger partial charge in [-0.2, -0.15) is 0 Å². The lowest BCUT2D eigenvalue weighted by atomic mass is 10.1. The summed E-state index contributed by atoms with van der Waals surface area (Å²) in [6, 6.07) is 6.49. The second-order valence-electron chi connectivity index (χ2n) is 5.12. The predicted molar refractivity (Wildman–Crippen MR) is 73.4 cm³/mol. The van der Waals surface area contributed by atoms with Gasteiger partial charge in [-0.05, 0) is 32.3 Å². The highest BCUT2D eigenvalue weighted by Gasteiger charge is 2.22. The Balaban J connectivity index is 2.10. The minimum atomic E-state index is -0.913. The predicted octanol–water partition coefficient (Wildman–Crippen LogP) is 2.49. The van der Waals surface area contributed by atoms with Gasteiger partial charge in [-0.3, -0.25) is 0 Å². The van der Waals surface area contributed by atoms with Crippen LogP contribution < -0.4 is 10.1 Å². The number of aliphatic carboxylic acids is 1. The first kappa shape index (κ1) is 13.9. The summed E-state index contributed by atoms with van der Waals surface area (Å²) in [5.74, 6) is -0.239. The SMILES string of the molecule is CCC(Oc1ccc(C)cc1CNC1CC1)C(=O)O. The fraction of sp³-hybridized carbons (Fsp3) is 0.533. The monoisotopic (exact) mass is 263 g/mol. The van der Waals surface area contributed by atoms with E-state index in [0.29, 0.717) is 18.2 Å². The van der Waals surface area contributed by atoms with Crippen LogP contribution in [-0.2, 0) is 11.3 Å². The molecule has 0 heterocycles. The Morgan fingerprint density at radius 2 is 2.26 bits per heavy atom. The minimum Gasteiger partial charge on any atom is -0.479 e. The van der Waals surface area contributed by atoms with E-state index in [1.807, 2.05) is 26.0 Å². The van der Waals surface area contributed by atoms with E-state index in [-0.39, 0.29) is 0 Å². The average molecular weight is 263 g/mol. The molecule has 4 heteroatoms. The largest absolute Gasteiger partial charge is 0.479 e. The van der Waals surface area contributed by atoms with Gasteiger partial charge in [-0.1, -0.05) is 24.6 Å². The highest BCUT2D eigenvalue weighted by molar-refractivity contribution is 5.72. The van der Waals surface area contributed by atoms with Crippen molar-refractivity contribution < 1.29 is 14.6 Å². The molecular weight excluding hydrogens is 242 g/mol. The Bertz CT molecular complexity index is 455. The Morgan fingerprint density at radius 1 is 1.53 bits per heavy atom. The lowest BCUT2D eigenvalue weighted by Gasteiger charge is -2.17. The molecule has 0 aliphatic heterocycles. The molecule has 0 radical (unpaired) electrons. The standard InChI is InChI=1S/C15H21NO3/c1-3-13(15(17)18)19-14-7-4-10(2)8-11(14)9-16-12-5-6-12/h4,7-8,12-13,16H,3,5-6,9H2,1-2H3,(H,17,18). The summed E-state index contributed by atoms with van der Waals surface area (Å²) < 4.78 is 5.62. The van der Waals surface area contributed by atoms with Gasteiger partial charge in [0.05, 0.1) is 0 Å². The molecule has 0 bridgehead atoms. The molecule has 1 aromatic rings. The molecule has 0 saturated heterocycles. The highest BCUT2D eigenvalue weighted by atomic mass is 16.5. The quantitative estimate of drug-likeness (QED) is 0.793. The van der Waals surface area contributed by atoms with E-state index in [4.69, 9.17) is 9.84 Å². The van der Waals surface area contributed by atoms with Crippen LogP contribution in [0.4, 0.5) is 0 Å². The van der Waals surface area contributed by atoms with Crippen molar-refractivity contribution in [2.45, 2.75) is 51.8 Å². The number of benzene rings is 1. The van der Waals surface area contributed by atoms with E-state index in [1.165, 1.54) is 12.8 Å². The van der Waals surface area contributed by atoms with Crippen molar-refractivity contribution in [1.29, 1.82) is 0 Å². The van der Waals surface area contributed by atoms with Crippen molar-refractivity contribution in [3.05, 3.63) is 29.3 Å². The summed E-state index contributed by atoms with van der Waals surface area (Å²) in [7, 11) is 0. The third kappa shape index (κ3) is 3.96. The molecule has 0 aromatic heterocycles. The number of carbonyl (C=O) groups is 1. The van der Waals surface area contributed by atoms with Crippen molar-refractivity contribution in [1.82, 2.24) is 5.32 Å². The van der Waals surface area contributed by atoms with Crippen molar-refractivity contribution in [3.63, 3.8) is 0 Å². The van der Waals surface area contributed by atoms with Gasteiger partial charge in [-0.15, -0.1) is 0 Å². The first-order valence-corrected chi connectivity index (χ1v) is 6.82. The molecule has 2 N–H and O–H groups in total. The lowest BCUT2D eigenvalue weighted by Crippen LogP contribution is -2.27. The second kappa shape index (κ2) is 6.06. The summed E-state index contributed by atoms with van der Waals surface area (Å²) in [4.78, 5) is 11.0.